The Morgan fingerprint density at radius 3 is 2.62 bits per heavy atom. The molecular formula is C5H11FS2. The predicted octanol–water partition coefficient (Wildman–Crippen LogP) is 2.75. The Balaban J connectivity index is 2.53. The second-order valence-corrected chi connectivity index (χ2v) is 3.38. The van der Waals surface area contributed by atoms with Crippen molar-refractivity contribution in [2.45, 2.75) is 13.3 Å². The number of halogens is 1. The van der Waals surface area contributed by atoms with Gasteiger partial charge in [0.25, 0.3) is 0 Å². The molecule has 3 heteroatoms. The summed E-state index contributed by atoms with van der Waals surface area (Å²) in [7, 11) is 0. The van der Waals surface area contributed by atoms with Gasteiger partial charge in [-0.3, -0.25) is 0 Å². The molecule has 50 valence electrons. The van der Waals surface area contributed by atoms with Crippen LogP contribution in [-0.4, -0.2) is 17.3 Å². The van der Waals surface area contributed by atoms with Crippen molar-refractivity contribution in [3.05, 3.63) is 0 Å². The Labute approximate surface area is 58.9 Å². The van der Waals surface area contributed by atoms with Gasteiger partial charge in [-0.1, -0.05) is 6.92 Å². The van der Waals surface area contributed by atoms with Crippen molar-refractivity contribution in [1.82, 2.24) is 0 Å². The van der Waals surface area contributed by atoms with Gasteiger partial charge >= 0.3 is 0 Å². The molecule has 0 amide bonds. The summed E-state index contributed by atoms with van der Waals surface area (Å²) in [5, 5.41) is 0. The van der Waals surface area contributed by atoms with Crippen LogP contribution in [0.1, 0.15) is 13.3 Å². The SMILES string of the molecule is CCSCCCSF. The molecule has 0 rings (SSSR count). The Morgan fingerprint density at radius 2 is 2.12 bits per heavy atom. The smallest absolute Gasteiger partial charge is 0.0443 e. The minimum atomic E-state index is 0.439. The molecule has 0 radical (unpaired) electrons. The van der Waals surface area contributed by atoms with Crippen LogP contribution in [0.3, 0.4) is 0 Å². The van der Waals surface area contributed by atoms with E-state index in [0.29, 0.717) is 17.9 Å². The maximum atomic E-state index is 11.3. The van der Waals surface area contributed by atoms with E-state index in [1.165, 1.54) is 0 Å². The van der Waals surface area contributed by atoms with Crippen molar-refractivity contribution < 1.29 is 3.89 Å². The lowest BCUT2D eigenvalue weighted by Crippen LogP contribution is -1.81. The maximum absolute atomic E-state index is 11.3. The van der Waals surface area contributed by atoms with E-state index in [9.17, 15) is 3.89 Å². The van der Waals surface area contributed by atoms with Gasteiger partial charge in [0, 0.05) is 17.9 Å². The van der Waals surface area contributed by atoms with Crippen molar-refractivity contribution in [3.63, 3.8) is 0 Å². The number of rotatable bonds is 5. The van der Waals surface area contributed by atoms with Gasteiger partial charge in [0.1, 0.15) is 0 Å². The Hall–Kier alpha value is 0.630. The van der Waals surface area contributed by atoms with Crippen LogP contribution < -0.4 is 0 Å². The molecule has 0 saturated carbocycles. The highest BCUT2D eigenvalue weighted by Crippen LogP contribution is 2.06. The average molecular weight is 154 g/mol. The van der Waals surface area contributed by atoms with Gasteiger partial charge in [-0.05, 0) is 17.9 Å². The monoisotopic (exact) mass is 154 g/mol. The fraction of sp³-hybridized carbons (Fsp3) is 1.00. The second-order valence-electron chi connectivity index (χ2n) is 1.36. The lowest BCUT2D eigenvalue weighted by Gasteiger charge is -1.92. The zero-order chi connectivity index (χ0) is 6.24. The molecule has 0 aliphatic rings. The van der Waals surface area contributed by atoms with E-state index in [1.54, 1.807) is 0 Å². The molecule has 0 atom stereocenters. The van der Waals surface area contributed by atoms with Crippen molar-refractivity contribution in [2.75, 3.05) is 17.3 Å². The van der Waals surface area contributed by atoms with Gasteiger partial charge in [-0.2, -0.15) is 15.6 Å². The summed E-state index contributed by atoms with van der Waals surface area (Å²) < 4.78 is 11.3. The van der Waals surface area contributed by atoms with Crippen LogP contribution >= 0.6 is 23.9 Å². The lowest BCUT2D eigenvalue weighted by atomic mass is 10.6. The Kier molecular flexibility index (Phi) is 8.23. The third kappa shape index (κ3) is 6.63. The molecule has 0 aromatic rings. The molecule has 0 saturated heterocycles. The average Bonchev–Trinajstić information content (AvgIpc) is 1.81. The first kappa shape index (κ1) is 8.63. The Bertz CT molecular complexity index is 35.4. The van der Waals surface area contributed by atoms with Crippen LogP contribution in [0.2, 0.25) is 0 Å². The summed E-state index contributed by atoms with van der Waals surface area (Å²) in [6.45, 7) is 2.12. The topological polar surface area (TPSA) is 0 Å². The first-order valence-electron chi connectivity index (χ1n) is 2.73. The normalized spacial score (nSPS) is 9.75. The molecule has 0 aliphatic heterocycles. The van der Waals surface area contributed by atoms with Crippen LogP contribution in [0.5, 0.6) is 0 Å². The van der Waals surface area contributed by atoms with Crippen LogP contribution in [0, 0.1) is 0 Å². The van der Waals surface area contributed by atoms with Crippen molar-refractivity contribution in [2.24, 2.45) is 0 Å². The molecule has 0 nitrogen and oxygen atoms in total. The van der Waals surface area contributed by atoms with E-state index in [0.717, 1.165) is 17.9 Å². The van der Waals surface area contributed by atoms with E-state index in [4.69, 9.17) is 0 Å². The summed E-state index contributed by atoms with van der Waals surface area (Å²) >= 11 is 2.31. The highest BCUT2D eigenvalue weighted by atomic mass is 32.2. The summed E-state index contributed by atoms with van der Waals surface area (Å²) in [4.78, 5) is 0. The first-order chi connectivity index (χ1) is 3.91. The second kappa shape index (κ2) is 7.63. The summed E-state index contributed by atoms with van der Waals surface area (Å²) in [5.74, 6) is 2.91. The van der Waals surface area contributed by atoms with Gasteiger partial charge in [0.15, 0.2) is 0 Å². The minimum Gasteiger partial charge on any atom is -0.165 e. The predicted molar refractivity (Wildman–Crippen MR) is 41.2 cm³/mol. The van der Waals surface area contributed by atoms with Gasteiger partial charge in [-0.25, -0.2) is 0 Å². The molecule has 0 bridgehead atoms. The molecule has 0 aromatic heterocycles. The molecule has 0 aromatic carbocycles. The third-order valence-corrected chi connectivity index (χ3v) is 2.14. The van der Waals surface area contributed by atoms with Crippen molar-refractivity contribution >= 4 is 23.9 Å². The van der Waals surface area contributed by atoms with E-state index < -0.39 is 0 Å². The van der Waals surface area contributed by atoms with Crippen molar-refractivity contribution in [3.8, 4) is 0 Å². The van der Waals surface area contributed by atoms with Crippen LogP contribution in [0.15, 0.2) is 0 Å². The molecular weight excluding hydrogens is 143 g/mol. The molecule has 8 heavy (non-hydrogen) atoms. The van der Waals surface area contributed by atoms with E-state index in [2.05, 4.69) is 6.92 Å². The van der Waals surface area contributed by atoms with Gasteiger partial charge < -0.3 is 0 Å². The quantitative estimate of drug-likeness (QED) is 0.558. The number of thioether (sulfide) groups is 1. The van der Waals surface area contributed by atoms with E-state index in [1.807, 2.05) is 11.8 Å². The van der Waals surface area contributed by atoms with Gasteiger partial charge in [0.2, 0.25) is 0 Å². The van der Waals surface area contributed by atoms with E-state index in [-0.39, 0.29) is 0 Å². The molecule has 0 fully saturated rings. The molecule has 0 unspecified atom stereocenters. The van der Waals surface area contributed by atoms with Gasteiger partial charge in [0.05, 0.1) is 0 Å². The largest absolute Gasteiger partial charge is 0.165 e. The summed E-state index contributed by atoms with van der Waals surface area (Å²) in [6, 6.07) is 0. The van der Waals surface area contributed by atoms with Crippen molar-refractivity contribution in [1.29, 1.82) is 0 Å². The molecule has 0 heterocycles. The van der Waals surface area contributed by atoms with Crippen LogP contribution in [0.4, 0.5) is 3.89 Å². The lowest BCUT2D eigenvalue weighted by molar-refractivity contribution is 0.924. The van der Waals surface area contributed by atoms with Crippen LogP contribution in [0.25, 0.3) is 0 Å². The number of hydrogen-bond donors (Lipinski definition) is 0. The highest BCUT2D eigenvalue weighted by molar-refractivity contribution is 7.99. The summed E-state index contributed by atoms with van der Waals surface area (Å²) in [6.07, 6.45) is 1.000. The fourth-order valence-corrected chi connectivity index (χ4v) is 1.43. The summed E-state index contributed by atoms with van der Waals surface area (Å²) in [5.41, 5.74) is 0. The molecule has 0 aliphatic carbocycles. The standard InChI is InChI=1S/C5H11FS2/c1-2-7-4-3-5-8-6/h2-5H2,1H3. The fourth-order valence-electron chi connectivity index (χ4n) is 0.360. The number of hydrogen-bond acceptors (Lipinski definition) is 2. The molecule has 0 N–H and O–H groups in total. The molecule has 0 spiro atoms. The zero-order valence-electron chi connectivity index (χ0n) is 5.02. The third-order valence-electron chi connectivity index (χ3n) is 0.714. The highest BCUT2D eigenvalue weighted by Gasteiger charge is 1.85. The maximum Gasteiger partial charge on any atom is 0.0443 e. The Morgan fingerprint density at radius 1 is 1.38 bits per heavy atom. The van der Waals surface area contributed by atoms with Crippen LogP contribution in [-0.2, 0) is 0 Å². The zero-order valence-corrected chi connectivity index (χ0v) is 6.66. The van der Waals surface area contributed by atoms with Gasteiger partial charge in [-0.15, -0.1) is 0 Å². The minimum absolute atomic E-state index is 0.439. The first-order valence-corrected chi connectivity index (χ1v) is 4.77. The van der Waals surface area contributed by atoms with E-state index >= 15 is 0 Å².